The molecule has 1 aromatic heterocycles. The predicted octanol–water partition coefficient (Wildman–Crippen LogP) is 5.16. The average Bonchev–Trinajstić information content (AvgIpc) is 2.84. The smallest absolute Gasteiger partial charge is 0.312 e. The van der Waals surface area contributed by atoms with Gasteiger partial charge in [0.25, 0.3) is 0 Å². The summed E-state index contributed by atoms with van der Waals surface area (Å²) in [5, 5.41) is 0. The van der Waals surface area contributed by atoms with Crippen LogP contribution in [-0.2, 0) is 20.8 Å². The molecule has 6 nitrogen and oxygen atoms in total. The molecular weight excluding hydrogens is 479 g/mol. The highest BCUT2D eigenvalue weighted by atomic mass is 32.2. The maximum Gasteiger partial charge on any atom is 0.416 e. The first-order valence-electron chi connectivity index (χ1n) is 11.0. The van der Waals surface area contributed by atoms with E-state index in [1.165, 1.54) is 26.2 Å². The Morgan fingerprint density at radius 3 is 2.23 bits per heavy atom. The first-order valence-corrected chi connectivity index (χ1v) is 12.5. The molecule has 184 valence electrons. The van der Waals surface area contributed by atoms with E-state index < -0.39 is 37.1 Å². The lowest BCUT2D eigenvalue weighted by Crippen LogP contribution is -2.48. The lowest BCUT2D eigenvalue weighted by molar-refractivity contribution is -0.137. The van der Waals surface area contributed by atoms with E-state index in [4.69, 9.17) is 0 Å². The number of hydrogen-bond donors (Lipinski definition) is 0. The molecule has 0 spiro atoms. The van der Waals surface area contributed by atoms with Crippen LogP contribution in [0.2, 0.25) is 0 Å². The first-order chi connectivity index (χ1) is 16.4. The van der Waals surface area contributed by atoms with E-state index in [2.05, 4.69) is 9.97 Å². The first kappa shape index (κ1) is 24.8. The van der Waals surface area contributed by atoms with Gasteiger partial charge in [-0.2, -0.15) is 13.2 Å². The van der Waals surface area contributed by atoms with Gasteiger partial charge in [-0.05, 0) is 62.1 Å². The summed E-state index contributed by atoms with van der Waals surface area (Å²) in [4.78, 5) is 22.2. The van der Waals surface area contributed by atoms with Crippen LogP contribution in [-0.4, -0.2) is 35.6 Å². The van der Waals surface area contributed by atoms with Crippen molar-refractivity contribution in [3.05, 3.63) is 72.8 Å². The van der Waals surface area contributed by atoms with Gasteiger partial charge in [0.1, 0.15) is 6.33 Å². The van der Waals surface area contributed by atoms with Crippen LogP contribution in [0.4, 0.5) is 18.9 Å². The monoisotopic (exact) mass is 503 g/mol. The molecule has 4 rings (SSSR count). The third-order valence-corrected chi connectivity index (χ3v) is 9.24. The molecule has 1 fully saturated rings. The summed E-state index contributed by atoms with van der Waals surface area (Å²) < 4.78 is 64.7. The van der Waals surface area contributed by atoms with Crippen LogP contribution in [0.3, 0.4) is 0 Å². The number of halogens is 3. The number of carbonyl (C=O) groups is 1. The van der Waals surface area contributed by atoms with Crippen LogP contribution >= 0.6 is 0 Å². The zero-order valence-electron chi connectivity index (χ0n) is 19.2. The molecule has 0 N–H and O–H groups in total. The number of rotatable bonds is 5. The Balaban J connectivity index is 1.52. The SMILES string of the molecule is CC(C)([C@@H]1CCN(c2ccc(-c3cncnc3)cc2)C(=O)C1)S(=O)(=O)c1cccc(C(F)(F)F)c1. The molecule has 1 amide bonds. The second-order valence-corrected chi connectivity index (χ2v) is 11.6. The number of nitrogens with zero attached hydrogens (tertiary/aromatic N) is 3. The number of carbonyl (C=O) groups excluding carboxylic acids is 1. The van der Waals surface area contributed by atoms with Gasteiger partial charge in [0.2, 0.25) is 5.91 Å². The lowest BCUT2D eigenvalue weighted by Gasteiger charge is -2.39. The van der Waals surface area contributed by atoms with Crippen molar-refractivity contribution >= 4 is 21.4 Å². The van der Waals surface area contributed by atoms with Gasteiger partial charge in [0.15, 0.2) is 9.84 Å². The molecule has 0 radical (unpaired) electrons. The molecule has 2 aromatic carbocycles. The summed E-state index contributed by atoms with van der Waals surface area (Å²) in [7, 11) is -4.15. The van der Waals surface area contributed by atoms with Crippen LogP contribution in [0.25, 0.3) is 11.1 Å². The van der Waals surface area contributed by atoms with E-state index >= 15 is 0 Å². The van der Waals surface area contributed by atoms with E-state index in [9.17, 15) is 26.4 Å². The highest BCUT2D eigenvalue weighted by Crippen LogP contribution is 2.40. The highest BCUT2D eigenvalue weighted by molar-refractivity contribution is 7.92. The maximum atomic E-state index is 13.4. The largest absolute Gasteiger partial charge is 0.416 e. The Morgan fingerprint density at radius 2 is 1.63 bits per heavy atom. The van der Waals surface area contributed by atoms with Crippen molar-refractivity contribution in [3.63, 3.8) is 0 Å². The zero-order valence-corrected chi connectivity index (χ0v) is 20.0. The molecule has 10 heteroatoms. The molecule has 1 saturated heterocycles. The van der Waals surface area contributed by atoms with E-state index in [0.29, 0.717) is 24.7 Å². The summed E-state index contributed by atoms with van der Waals surface area (Å²) in [5.41, 5.74) is 1.40. The van der Waals surface area contributed by atoms with Crippen molar-refractivity contribution in [2.75, 3.05) is 11.4 Å². The van der Waals surface area contributed by atoms with Gasteiger partial charge >= 0.3 is 6.18 Å². The van der Waals surface area contributed by atoms with Crippen molar-refractivity contribution in [1.29, 1.82) is 0 Å². The molecule has 0 bridgehead atoms. The highest BCUT2D eigenvalue weighted by Gasteiger charge is 2.46. The Bertz CT molecular complexity index is 1330. The fourth-order valence-electron chi connectivity index (χ4n) is 4.34. The normalized spacial score (nSPS) is 17.5. The Kier molecular flexibility index (Phi) is 6.44. The van der Waals surface area contributed by atoms with Gasteiger partial charge in [-0.3, -0.25) is 4.79 Å². The quantitative estimate of drug-likeness (QED) is 0.481. The van der Waals surface area contributed by atoms with E-state index in [1.54, 1.807) is 17.3 Å². The van der Waals surface area contributed by atoms with Crippen molar-refractivity contribution in [3.8, 4) is 11.1 Å². The van der Waals surface area contributed by atoms with Crippen LogP contribution in [0.1, 0.15) is 32.3 Å². The Morgan fingerprint density at radius 1 is 0.971 bits per heavy atom. The van der Waals surface area contributed by atoms with E-state index in [1.807, 2.05) is 24.3 Å². The van der Waals surface area contributed by atoms with Gasteiger partial charge in [0, 0.05) is 36.6 Å². The van der Waals surface area contributed by atoms with Gasteiger partial charge in [0.05, 0.1) is 15.2 Å². The molecule has 0 aliphatic carbocycles. The minimum Gasteiger partial charge on any atom is -0.312 e. The molecule has 0 saturated carbocycles. The number of amides is 1. The van der Waals surface area contributed by atoms with Crippen molar-refractivity contribution in [1.82, 2.24) is 9.97 Å². The summed E-state index contributed by atoms with van der Waals surface area (Å²) in [5.74, 6) is -0.782. The topological polar surface area (TPSA) is 80.2 Å². The second-order valence-electron chi connectivity index (χ2n) is 9.04. The minimum absolute atomic E-state index is 0.0283. The molecule has 1 atom stereocenters. The van der Waals surface area contributed by atoms with Crippen molar-refractivity contribution < 1.29 is 26.4 Å². The van der Waals surface area contributed by atoms with Gasteiger partial charge in [-0.1, -0.05) is 18.2 Å². The molecule has 1 aliphatic heterocycles. The number of aromatic nitrogens is 2. The number of piperidine rings is 1. The second kappa shape index (κ2) is 9.07. The maximum absolute atomic E-state index is 13.4. The van der Waals surface area contributed by atoms with Crippen LogP contribution < -0.4 is 4.90 Å². The number of hydrogen-bond acceptors (Lipinski definition) is 5. The fraction of sp³-hybridized carbons (Fsp3) is 0.320. The molecule has 3 aromatic rings. The molecule has 2 heterocycles. The van der Waals surface area contributed by atoms with E-state index in [0.717, 1.165) is 23.3 Å². The van der Waals surface area contributed by atoms with Crippen LogP contribution in [0, 0.1) is 5.92 Å². The summed E-state index contributed by atoms with van der Waals surface area (Å²) >= 11 is 0. The predicted molar refractivity (Wildman–Crippen MR) is 125 cm³/mol. The molecule has 35 heavy (non-hydrogen) atoms. The number of anilines is 1. The molecule has 1 aliphatic rings. The van der Waals surface area contributed by atoms with Crippen molar-refractivity contribution in [2.24, 2.45) is 5.92 Å². The average molecular weight is 504 g/mol. The van der Waals surface area contributed by atoms with Crippen LogP contribution in [0.5, 0.6) is 0 Å². The zero-order chi connectivity index (χ0) is 25.4. The molecular formula is C25H24F3N3O3S. The van der Waals surface area contributed by atoms with Gasteiger partial charge < -0.3 is 4.90 Å². The third-order valence-electron chi connectivity index (χ3n) is 6.64. The van der Waals surface area contributed by atoms with Crippen LogP contribution in [0.15, 0.2) is 72.1 Å². The summed E-state index contributed by atoms with van der Waals surface area (Å²) in [6.07, 6.45) is 0.525. The summed E-state index contributed by atoms with van der Waals surface area (Å²) in [6, 6.07) is 11.1. The van der Waals surface area contributed by atoms with E-state index in [-0.39, 0.29) is 12.3 Å². The minimum atomic E-state index is -4.65. The van der Waals surface area contributed by atoms with Gasteiger partial charge in [-0.15, -0.1) is 0 Å². The Hall–Kier alpha value is -3.27. The lowest BCUT2D eigenvalue weighted by atomic mass is 9.85. The van der Waals surface area contributed by atoms with Crippen molar-refractivity contribution in [2.45, 2.75) is 42.5 Å². The summed E-state index contributed by atoms with van der Waals surface area (Å²) in [6.45, 7) is 3.26. The standard InChI is InChI=1S/C25H24F3N3O3S/c1-24(2,35(33,34)22-5-3-4-20(12-22)25(26,27)28)19-10-11-31(23(32)13-19)21-8-6-17(7-9-21)18-14-29-16-30-15-18/h3-9,12,14-16,19H,10-11,13H2,1-2H3/t19-/m1/s1. The number of sulfone groups is 1. The number of benzene rings is 2. The Labute approximate surface area is 201 Å². The molecule has 0 unspecified atom stereocenters. The van der Waals surface area contributed by atoms with Gasteiger partial charge in [-0.25, -0.2) is 18.4 Å². The fourth-order valence-corrected chi connectivity index (χ4v) is 6.13. The third kappa shape index (κ3) is 4.80. The number of alkyl halides is 3.